The molecule has 0 aliphatic heterocycles. The van der Waals surface area contributed by atoms with Crippen molar-refractivity contribution >= 4 is 38.6 Å². The van der Waals surface area contributed by atoms with Gasteiger partial charge in [-0.3, -0.25) is 4.79 Å². The van der Waals surface area contributed by atoms with Gasteiger partial charge >= 0.3 is 0 Å². The molecule has 0 aliphatic rings. The van der Waals surface area contributed by atoms with Crippen LogP contribution in [0.4, 0.5) is 0 Å². The van der Waals surface area contributed by atoms with E-state index in [9.17, 15) is 10.1 Å². The minimum atomic E-state index is -0.349. The number of hydrogen-bond donors (Lipinski definition) is 1. The first-order valence-electron chi connectivity index (χ1n) is 5.66. The summed E-state index contributed by atoms with van der Waals surface area (Å²) in [5.41, 5.74) is 1.22. The number of rotatable bonds is 2. The van der Waals surface area contributed by atoms with Gasteiger partial charge in [0.15, 0.2) is 0 Å². The van der Waals surface area contributed by atoms with Crippen LogP contribution in [0, 0.1) is 11.3 Å². The van der Waals surface area contributed by atoms with Gasteiger partial charge in [-0.2, -0.15) is 5.26 Å². The molecular formula is C14H7BrN2OS2. The van der Waals surface area contributed by atoms with E-state index >= 15 is 0 Å². The Hall–Kier alpha value is -1.68. The van der Waals surface area contributed by atoms with Crippen LogP contribution in [-0.4, -0.2) is 4.98 Å². The molecule has 0 aliphatic carbocycles. The molecule has 3 nitrogen and oxygen atoms in total. The maximum atomic E-state index is 12.1. The minimum Gasteiger partial charge on any atom is -0.320 e. The number of nitrogens with zero attached hydrogens (tertiary/aromatic N) is 1. The van der Waals surface area contributed by atoms with Gasteiger partial charge < -0.3 is 4.98 Å². The Balaban J connectivity index is 2.27. The number of pyridine rings is 1. The predicted octanol–water partition coefficient (Wildman–Crippen LogP) is 4.47. The van der Waals surface area contributed by atoms with Gasteiger partial charge in [0, 0.05) is 10.4 Å². The lowest BCUT2D eigenvalue weighted by molar-refractivity contribution is 1.23. The zero-order valence-electron chi connectivity index (χ0n) is 10.0. The summed E-state index contributed by atoms with van der Waals surface area (Å²) in [5.74, 6) is 0. The fraction of sp³-hybridized carbons (Fsp3) is 0. The predicted molar refractivity (Wildman–Crippen MR) is 86.1 cm³/mol. The van der Waals surface area contributed by atoms with E-state index in [0.717, 1.165) is 19.2 Å². The highest BCUT2D eigenvalue weighted by atomic mass is 79.9. The normalized spacial score (nSPS) is 10.4. The van der Waals surface area contributed by atoms with Crippen molar-refractivity contribution in [2.45, 2.75) is 0 Å². The fourth-order valence-electron chi connectivity index (χ4n) is 1.89. The molecule has 0 fully saturated rings. The van der Waals surface area contributed by atoms with Crippen LogP contribution in [0.2, 0.25) is 0 Å². The lowest BCUT2D eigenvalue weighted by atomic mass is 10.1. The van der Waals surface area contributed by atoms with Crippen molar-refractivity contribution in [1.82, 2.24) is 4.98 Å². The lowest BCUT2D eigenvalue weighted by Gasteiger charge is -2.04. The van der Waals surface area contributed by atoms with Gasteiger partial charge in [0.25, 0.3) is 5.56 Å². The van der Waals surface area contributed by atoms with E-state index in [-0.39, 0.29) is 11.1 Å². The number of aromatic amines is 1. The molecule has 0 aromatic carbocycles. The highest BCUT2D eigenvalue weighted by molar-refractivity contribution is 9.11. The average Bonchev–Trinajstić information content (AvgIpc) is 3.08. The maximum Gasteiger partial charge on any atom is 0.267 e. The molecule has 3 aromatic rings. The Bertz CT molecular complexity index is 856. The topological polar surface area (TPSA) is 56.6 Å². The summed E-state index contributed by atoms with van der Waals surface area (Å²) in [6.07, 6.45) is 0. The van der Waals surface area contributed by atoms with Crippen LogP contribution in [0.5, 0.6) is 0 Å². The smallest absolute Gasteiger partial charge is 0.267 e. The molecule has 3 heterocycles. The summed E-state index contributed by atoms with van der Waals surface area (Å²) >= 11 is 6.45. The molecular weight excluding hydrogens is 356 g/mol. The van der Waals surface area contributed by atoms with Crippen molar-refractivity contribution in [3.63, 3.8) is 0 Å². The standard InChI is InChI=1S/C14H7BrN2OS2/c15-13-4-3-11(20-13)8-6-10(12-2-1-5-19-12)17-14(18)9(8)7-16/h1-6H,(H,17,18). The number of thiophene rings is 2. The zero-order chi connectivity index (χ0) is 14.1. The van der Waals surface area contributed by atoms with Crippen molar-refractivity contribution in [2.75, 3.05) is 0 Å². The average molecular weight is 363 g/mol. The van der Waals surface area contributed by atoms with Crippen LogP contribution in [0.1, 0.15) is 5.56 Å². The molecule has 0 radical (unpaired) electrons. The monoisotopic (exact) mass is 362 g/mol. The molecule has 0 saturated heterocycles. The van der Waals surface area contributed by atoms with Crippen LogP contribution in [-0.2, 0) is 0 Å². The second-order valence-corrected chi connectivity index (χ2v) is 7.40. The molecule has 0 atom stereocenters. The first-order chi connectivity index (χ1) is 9.69. The lowest BCUT2D eigenvalue weighted by Crippen LogP contribution is -2.12. The SMILES string of the molecule is N#Cc1c(-c2ccc(Br)s2)cc(-c2cccs2)[nH]c1=O. The summed E-state index contributed by atoms with van der Waals surface area (Å²) in [7, 11) is 0. The first kappa shape index (κ1) is 13.3. The van der Waals surface area contributed by atoms with Crippen molar-refractivity contribution in [1.29, 1.82) is 5.26 Å². The van der Waals surface area contributed by atoms with Gasteiger partial charge in [0.1, 0.15) is 11.6 Å². The van der Waals surface area contributed by atoms with E-state index in [1.165, 1.54) is 11.3 Å². The minimum absolute atomic E-state index is 0.152. The largest absolute Gasteiger partial charge is 0.320 e. The van der Waals surface area contributed by atoms with Crippen LogP contribution in [0.15, 0.2) is 44.3 Å². The van der Waals surface area contributed by atoms with Crippen LogP contribution >= 0.6 is 38.6 Å². The molecule has 20 heavy (non-hydrogen) atoms. The number of H-pyrrole nitrogens is 1. The van der Waals surface area contributed by atoms with Gasteiger partial charge in [-0.15, -0.1) is 22.7 Å². The third-order valence-electron chi connectivity index (χ3n) is 2.77. The van der Waals surface area contributed by atoms with E-state index in [0.29, 0.717) is 5.56 Å². The Morgan fingerprint density at radius 2 is 2.10 bits per heavy atom. The molecule has 0 spiro atoms. The van der Waals surface area contributed by atoms with Gasteiger partial charge in [-0.05, 0) is 45.6 Å². The molecule has 98 valence electrons. The third kappa shape index (κ3) is 2.36. The number of nitriles is 1. The van der Waals surface area contributed by atoms with Gasteiger partial charge in [-0.1, -0.05) is 6.07 Å². The van der Waals surface area contributed by atoms with E-state index < -0.39 is 0 Å². The Morgan fingerprint density at radius 1 is 1.25 bits per heavy atom. The van der Waals surface area contributed by atoms with E-state index in [2.05, 4.69) is 20.9 Å². The van der Waals surface area contributed by atoms with Gasteiger partial charge in [0.2, 0.25) is 0 Å². The maximum absolute atomic E-state index is 12.1. The van der Waals surface area contributed by atoms with Crippen molar-refractivity contribution in [3.05, 3.63) is 55.4 Å². The number of hydrogen-bond acceptors (Lipinski definition) is 4. The molecule has 0 saturated carbocycles. The fourth-order valence-corrected chi connectivity index (χ4v) is 3.99. The number of nitrogens with one attached hydrogen (secondary N) is 1. The van der Waals surface area contributed by atoms with Crippen molar-refractivity contribution in [2.24, 2.45) is 0 Å². The summed E-state index contributed by atoms with van der Waals surface area (Å²) in [4.78, 5) is 16.7. The third-order valence-corrected chi connectivity index (χ3v) is 5.33. The molecule has 0 amide bonds. The van der Waals surface area contributed by atoms with E-state index in [1.807, 2.05) is 41.8 Å². The summed E-state index contributed by atoms with van der Waals surface area (Å²) in [5, 5.41) is 11.2. The zero-order valence-corrected chi connectivity index (χ0v) is 13.2. The summed E-state index contributed by atoms with van der Waals surface area (Å²) in [6, 6.07) is 11.5. The molecule has 0 bridgehead atoms. The molecule has 3 aromatic heterocycles. The first-order valence-corrected chi connectivity index (χ1v) is 8.15. The number of aromatic nitrogens is 1. The quantitative estimate of drug-likeness (QED) is 0.731. The van der Waals surface area contributed by atoms with E-state index in [4.69, 9.17) is 0 Å². The Morgan fingerprint density at radius 3 is 2.70 bits per heavy atom. The van der Waals surface area contributed by atoms with Crippen molar-refractivity contribution in [3.8, 4) is 27.1 Å². The van der Waals surface area contributed by atoms with Gasteiger partial charge in [0.05, 0.1) is 14.4 Å². The summed E-state index contributed by atoms with van der Waals surface area (Å²) in [6.45, 7) is 0. The van der Waals surface area contributed by atoms with Crippen molar-refractivity contribution < 1.29 is 0 Å². The molecule has 0 unspecified atom stereocenters. The highest BCUT2D eigenvalue weighted by Gasteiger charge is 2.14. The molecule has 1 N–H and O–H groups in total. The van der Waals surface area contributed by atoms with Gasteiger partial charge in [-0.25, -0.2) is 0 Å². The second-order valence-electron chi connectivity index (χ2n) is 3.99. The Labute approximate surface area is 131 Å². The van der Waals surface area contributed by atoms with Crippen LogP contribution in [0.3, 0.4) is 0 Å². The highest BCUT2D eigenvalue weighted by Crippen LogP contribution is 2.34. The summed E-state index contributed by atoms with van der Waals surface area (Å²) < 4.78 is 0.967. The van der Waals surface area contributed by atoms with E-state index in [1.54, 1.807) is 11.3 Å². The molecule has 3 rings (SSSR count). The Kier molecular flexibility index (Phi) is 3.57. The van der Waals surface area contributed by atoms with Crippen LogP contribution < -0.4 is 5.56 Å². The van der Waals surface area contributed by atoms with Crippen LogP contribution in [0.25, 0.3) is 21.0 Å². The molecule has 6 heteroatoms. The second kappa shape index (κ2) is 5.37. The number of halogens is 1.